The van der Waals surface area contributed by atoms with Gasteiger partial charge in [-0.3, -0.25) is 0 Å². The minimum Gasteiger partial charge on any atom is -0.381 e. The molecule has 2 aromatic rings. The highest BCUT2D eigenvalue weighted by atomic mass is 79.9. The Kier molecular flexibility index (Phi) is 6.07. The molecule has 2 rings (SSSR count). The highest BCUT2D eigenvalue weighted by Gasteiger charge is 2.03. The monoisotopic (exact) mass is 397 g/mol. The van der Waals surface area contributed by atoms with Crippen LogP contribution in [0.15, 0.2) is 51.4 Å². The average Bonchev–Trinajstić information content (AvgIpc) is 2.47. The smallest absolute Gasteiger partial charge is 0.0736 e. The van der Waals surface area contributed by atoms with Crippen molar-refractivity contribution in [2.45, 2.75) is 20.1 Å². The molecule has 0 aliphatic rings. The van der Waals surface area contributed by atoms with Crippen molar-refractivity contribution in [1.29, 1.82) is 0 Å². The minimum absolute atomic E-state index is 0.643. The predicted molar refractivity (Wildman–Crippen MR) is 90.9 cm³/mol. The number of para-hydroxylation sites is 1. The van der Waals surface area contributed by atoms with Crippen LogP contribution in [0, 0.1) is 0 Å². The Bertz CT molecular complexity index is 572. The number of nitrogens with one attached hydrogen (secondary N) is 1. The van der Waals surface area contributed by atoms with Gasteiger partial charge in [0, 0.05) is 33.3 Å². The van der Waals surface area contributed by atoms with Gasteiger partial charge in [0.1, 0.15) is 0 Å². The lowest BCUT2D eigenvalue weighted by Gasteiger charge is -2.12. The van der Waals surface area contributed by atoms with Crippen LogP contribution in [0.4, 0.5) is 5.69 Å². The van der Waals surface area contributed by atoms with Gasteiger partial charge in [0.25, 0.3) is 0 Å². The Morgan fingerprint density at radius 3 is 2.60 bits per heavy atom. The number of hydrogen-bond acceptors (Lipinski definition) is 2. The molecule has 0 spiro atoms. The van der Waals surface area contributed by atoms with Crippen LogP contribution in [0.25, 0.3) is 0 Å². The molecular weight excluding hydrogens is 382 g/mol. The van der Waals surface area contributed by atoms with E-state index in [2.05, 4.69) is 61.4 Å². The predicted octanol–water partition coefficient (Wildman–Crippen LogP) is 5.36. The van der Waals surface area contributed by atoms with E-state index in [1.165, 1.54) is 11.1 Å². The van der Waals surface area contributed by atoms with Crippen LogP contribution in [0.1, 0.15) is 18.1 Å². The summed E-state index contributed by atoms with van der Waals surface area (Å²) in [6.45, 7) is 4.17. The Morgan fingerprint density at radius 1 is 1.05 bits per heavy atom. The van der Waals surface area contributed by atoms with E-state index in [4.69, 9.17) is 4.74 Å². The second kappa shape index (κ2) is 7.81. The van der Waals surface area contributed by atoms with Gasteiger partial charge >= 0.3 is 0 Å². The Balaban J connectivity index is 2.04. The molecule has 2 nitrogen and oxygen atoms in total. The number of hydrogen-bond donors (Lipinski definition) is 1. The van der Waals surface area contributed by atoms with Crippen molar-refractivity contribution in [1.82, 2.24) is 0 Å². The molecule has 0 unspecified atom stereocenters. The minimum atomic E-state index is 0.643. The van der Waals surface area contributed by atoms with E-state index >= 15 is 0 Å². The van der Waals surface area contributed by atoms with Gasteiger partial charge in [-0.2, -0.15) is 0 Å². The number of benzene rings is 2. The summed E-state index contributed by atoms with van der Waals surface area (Å²) < 4.78 is 7.63. The lowest BCUT2D eigenvalue weighted by molar-refractivity contribution is 0.134. The standard InChI is InChI=1S/C16H17Br2NO/c1-2-20-11-13-5-3-4-6-16(13)19-10-12-7-8-14(17)15(18)9-12/h3-9,19H,2,10-11H2,1H3. The SMILES string of the molecule is CCOCc1ccccc1NCc1ccc(Br)c(Br)c1. The molecule has 2 aromatic carbocycles. The van der Waals surface area contributed by atoms with Crippen molar-refractivity contribution in [2.75, 3.05) is 11.9 Å². The summed E-state index contributed by atoms with van der Waals surface area (Å²) in [5.41, 5.74) is 3.54. The molecule has 0 aliphatic heterocycles. The number of anilines is 1. The van der Waals surface area contributed by atoms with Crippen molar-refractivity contribution in [3.63, 3.8) is 0 Å². The van der Waals surface area contributed by atoms with E-state index in [0.29, 0.717) is 6.61 Å². The first kappa shape index (κ1) is 15.5. The quantitative estimate of drug-likeness (QED) is 0.706. The van der Waals surface area contributed by atoms with Gasteiger partial charge in [-0.15, -0.1) is 0 Å². The zero-order valence-electron chi connectivity index (χ0n) is 11.3. The molecule has 0 heterocycles. The molecule has 0 saturated heterocycles. The summed E-state index contributed by atoms with van der Waals surface area (Å²) in [5, 5.41) is 3.47. The van der Waals surface area contributed by atoms with E-state index in [0.717, 1.165) is 27.8 Å². The zero-order chi connectivity index (χ0) is 14.4. The van der Waals surface area contributed by atoms with Gasteiger partial charge < -0.3 is 10.1 Å². The normalized spacial score (nSPS) is 10.6. The van der Waals surface area contributed by atoms with Gasteiger partial charge in [-0.25, -0.2) is 0 Å². The first-order valence-electron chi connectivity index (χ1n) is 6.54. The Morgan fingerprint density at radius 2 is 1.85 bits per heavy atom. The molecule has 0 fully saturated rings. The van der Waals surface area contributed by atoms with Crippen LogP contribution in [-0.2, 0) is 17.9 Å². The van der Waals surface area contributed by atoms with Crippen molar-refractivity contribution >= 4 is 37.5 Å². The van der Waals surface area contributed by atoms with Crippen LogP contribution in [0.2, 0.25) is 0 Å². The van der Waals surface area contributed by atoms with E-state index in [-0.39, 0.29) is 0 Å². The average molecular weight is 399 g/mol. The van der Waals surface area contributed by atoms with E-state index in [1.807, 2.05) is 25.1 Å². The molecule has 0 radical (unpaired) electrons. The van der Waals surface area contributed by atoms with Crippen molar-refractivity contribution in [3.8, 4) is 0 Å². The maximum atomic E-state index is 5.49. The second-order valence-corrected chi connectivity index (χ2v) is 6.10. The highest BCUT2D eigenvalue weighted by Crippen LogP contribution is 2.24. The molecule has 1 N–H and O–H groups in total. The molecule has 0 saturated carbocycles. The molecule has 20 heavy (non-hydrogen) atoms. The molecule has 0 aliphatic carbocycles. The second-order valence-electron chi connectivity index (χ2n) is 4.40. The molecule has 0 bridgehead atoms. The van der Waals surface area contributed by atoms with E-state index in [9.17, 15) is 0 Å². The highest BCUT2D eigenvalue weighted by molar-refractivity contribution is 9.13. The largest absolute Gasteiger partial charge is 0.381 e. The first-order chi connectivity index (χ1) is 9.70. The molecular formula is C16H17Br2NO. The maximum Gasteiger partial charge on any atom is 0.0736 e. The van der Waals surface area contributed by atoms with Crippen LogP contribution < -0.4 is 5.32 Å². The fourth-order valence-corrected chi connectivity index (χ4v) is 2.55. The number of ether oxygens (including phenoxy) is 1. The van der Waals surface area contributed by atoms with Gasteiger partial charge in [0.2, 0.25) is 0 Å². The van der Waals surface area contributed by atoms with Crippen LogP contribution >= 0.6 is 31.9 Å². The zero-order valence-corrected chi connectivity index (χ0v) is 14.5. The summed E-state index contributed by atoms with van der Waals surface area (Å²) >= 11 is 7.01. The van der Waals surface area contributed by atoms with Crippen LogP contribution in [0.3, 0.4) is 0 Å². The third kappa shape index (κ3) is 4.33. The van der Waals surface area contributed by atoms with Crippen molar-refractivity contribution < 1.29 is 4.74 Å². The molecule has 0 atom stereocenters. The van der Waals surface area contributed by atoms with Gasteiger partial charge in [-0.05, 0) is 62.5 Å². The summed E-state index contributed by atoms with van der Waals surface area (Å²) in [4.78, 5) is 0. The maximum absolute atomic E-state index is 5.49. The van der Waals surface area contributed by atoms with Gasteiger partial charge in [0.05, 0.1) is 6.61 Å². The third-order valence-electron chi connectivity index (χ3n) is 2.95. The first-order valence-corrected chi connectivity index (χ1v) is 8.12. The summed E-state index contributed by atoms with van der Waals surface area (Å²) in [7, 11) is 0. The van der Waals surface area contributed by atoms with Crippen LogP contribution in [-0.4, -0.2) is 6.61 Å². The third-order valence-corrected chi connectivity index (χ3v) is 4.83. The summed E-state index contributed by atoms with van der Waals surface area (Å²) in [6.07, 6.45) is 0. The van der Waals surface area contributed by atoms with E-state index in [1.54, 1.807) is 0 Å². The summed E-state index contributed by atoms with van der Waals surface area (Å²) in [5.74, 6) is 0. The van der Waals surface area contributed by atoms with Crippen molar-refractivity contribution in [2.24, 2.45) is 0 Å². The van der Waals surface area contributed by atoms with Crippen LogP contribution in [0.5, 0.6) is 0 Å². The summed E-state index contributed by atoms with van der Waals surface area (Å²) in [6, 6.07) is 14.5. The molecule has 0 aromatic heterocycles. The van der Waals surface area contributed by atoms with Gasteiger partial charge in [0.15, 0.2) is 0 Å². The molecule has 106 valence electrons. The van der Waals surface area contributed by atoms with Gasteiger partial charge in [-0.1, -0.05) is 24.3 Å². The molecule has 0 amide bonds. The fraction of sp³-hybridized carbons (Fsp3) is 0.250. The number of rotatable bonds is 6. The topological polar surface area (TPSA) is 21.3 Å². The number of halogens is 2. The Hall–Kier alpha value is -0.840. The lowest BCUT2D eigenvalue weighted by atomic mass is 10.1. The molecule has 4 heteroatoms. The fourth-order valence-electron chi connectivity index (χ4n) is 1.88. The van der Waals surface area contributed by atoms with E-state index < -0.39 is 0 Å². The lowest BCUT2D eigenvalue weighted by Crippen LogP contribution is -2.03. The Labute approximate surface area is 136 Å². The van der Waals surface area contributed by atoms with Crippen molar-refractivity contribution in [3.05, 3.63) is 62.5 Å².